The van der Waals surface area contributed by atoms with Crippen molar-refractivity contribution in [3.05, 3.63) is 68.8 Å². The van der Waals surface area contributed by atoms with E-state index in [1.165, 1.54) is 26.7 Å². The molecule has 0 saturated carbocycles. The van der Waals surface area contributed by atoms with Crippen molar-refractivity contribution in [1.29, 1.82) is 0 Å². The zero-order valence-corrected chi connectivity index (χ0v) is 15.1. The molecule has 0 spiro atoms. The number of aryl methyl sites for hydroxylation is 2. The molecule has 2 heteroatoms. The van der Waals surface area contributed by atoms with Crippen LogP contribution in [0.25, 0.3) is 0 Å². The normalized spacial score (nSPS) is 12.3. The van der Waals surface area contributed by atoms with Crippen molar-refractivity contribution in [3.63, 3.8) is 0 Å². The van der Waals surface area contributed by atoms with E-state index in [2.05, 4.69) is 90.3 Å². The van der Waals surface area contributed by atoms with Crippen LogP contribution in [0.4, 0.5) is 0 Å². The van der Waals surface area contributed by atoms with Crippen LogP contribution in [0.2, 0.25) is 0 Å². The summed E-state index contributed by atoms with van der Waals surface area (Å²) in [5.74, 6) is 0. The number of halogens is 1. The molecule has 0 bridgehead atoms. The molecule has 0 radical (unpaired) electrons. The Morgan fingerprint density at radius 2 is 1.81 bits per heavy atom. The summed E-state index contributed by atoms with van der Waals surface area (Å²) in [5, 5.41) is 3.63. The fourth-order valence-corrected chi connectivity index (χ4v) is 3.04. The zero-order chi connectivity index (χ0) is 15.1. The van der Waals surface area contributed by atoms with Gasteiger partial charge in [-0.1, -0.05) is 48.9 Å². The van der Waals surface area contributed by atoms with Gasteiger partial charge >= 0.3 is 0 Å². The number of hydrogen-bond acceptors (Lipinski definition) is 1. The monoisotopic (exact) mass is 393 g/mol. The first-order chi connectivity index (χ1) is 10.2. The predicted octanol–water partition coefficient (Wildman–Crippen LogP) is 4.75. The molecule has 2 aromatic rings. The molecule has 2 aromatic carbocycles. The van der Waals surface area contributed by atoms with Crippen LogP contribution in [0.3, 0.4) is 0 Å². The molecular weight excluding hydrogens is 369 g/mol. The van der Waals surface area contributed by atoms with Gasteiger partial charge in [-0.3, -0.25) is 0 Å². The third kappa shape index (κ3) is 5.79. The van der Waals surface area contributed by atoms with Crippen LogP contribution in [0.15, 0.2) is 48.5 Å². The molecule has 0 aromatic heterocycles. The molecule has 0 aliphatic heterocycles. The fourth-order valence-electron chi connectivity index (χ4n) is 2.68. The van der Waals surface area contributed by atoms with Crippen LogP contribution in [-0.2, 0) is 12.8 Å². The van der Waals surface area contributed by atoms with Crippen molar-refractivity contribution in [2.75, 3.05) is 6.54 Å². The van der Waals surface area contributed by atoms with Gasteiger partial charge in [-0.25, -0.2) is 0 Å². The van der Waals surface area contributed by atoms with Crippen molar-refractivity contribution in [1.82, 2.24) is 5.32 Å². The van der Waals surface area contributed by atoms with Crippen molar-refractivity contribution in [2.24, 2.45) is 0 Å². The van der Waals surface area contributed by atoms with Crippen LogP contribution in [-0.4, -0.2) is 12.6 Å². The van der Waals surface area contributed by atoms with E-state index >= 15 is 0 Å². The molecule has 0 amide bonds. The van der Waals surface area contributed by atoms with E-state index in [-0.39, 0.29) is 0 Å². The van der Waals surface area contributed by atoms with Crippen LogP contribution >= 0.6 is 22.6 Å². The minimum Gasteiger partial charge on any atom is -0.314 e. The van der Waals surface area contributed by atoms with Crippen LogP contribution in [0.1, 0.15) is 30.0 Å². The average molecular weight is 393 g/mol. The smallest absolute Gasteiger partial charge is 0.0130 e. The highest BCUT2D eigenvalue weighted by atomic mass is 127. The molecular formula is C19H24IN. The molecule has 0 heterocycles. The SMILES string of the molecule is CCNC(CCc1cccc(C)c1)Cc1ccc(I)cc1. The van der Waals surface area contributed by atoms with Crippen LogP contribution < -0.4 is 5.32 Å². The van der Waals surface area contributed by atoms with Gasteiger partial charge in [0.05, 0.1) is 0 Å². The summed E-state index contributed by atoms with van der Waals surface area (Å²) in [6, 6.07) is 18.3. The summed E-state index contributed by atoms with van der Waals surface area (Å²) in [6.07, 6.45) is 3.43. The average Bonchev–Trinajstić information content (AvgIpc) is 2.47. The largest absolute Gasteiger partial charge is 0.314 e. The molecule has 0 fully saturated rings. The number of nitrogens with one attached hydrogen (secondary N) is 1. The van der Waals surface area contributed by atoms with Gasteiger partial charge in [0.2, 0.25) is 0 Å². The summed E-state index contributed by atoms with van der Waals surface area (Å²) >= 11 is 2.36. The lowest BCUT2D eigenvalue weighted by Crippen LogP contribution is -2.31. The zero-order valence-electron chi connectivity index (χ0n) is 12.9. The Kier molecular flexibility index (Phi) is 6.71. The standard InChI is InChI=1S/C19H24IN/c1-3-21-19(14-17-7-10-18(20)11-8-17)12-9-16-6-4-5-15(2)13-16/h4-8,10-11,13,19,21H,3,9,12,14H2,1-2H3. The molecule has 112 valence electrons. The summed E-state index contributed by atoms with van der Waals surface area (Å²) in [6.45, 7) is 5.38. The van der Waals surface area contributed by atoms with E-state index in [9.17, 15) is 0 Å². The van der Waals surface area contributed by atoms with Gasteiger partial charge in [-0.05, 0) is 78.6 Å². The lowest BCUT2D eigenvalue weighted by molar-refractivity contribution is 0.491. The Bertz CT molecular complexity index is 548. The van der Waals surface area contributed by atoms with E-state index in [0.717, 1.165) is 19.4 Å². The summed E-state index contributed by atoms with van der Waals surface area (Å²) in [4.78, 5) is 0. The highest BCUT2D eigenvalue weighted by Crippen LogP contribution is 2.13. The van der Waals surface area contributed by atoms with Gasteiger partial charge in [0.1, 0.15) is 0 Å². The van der Waals surface area contributed by atoms with Gasteiger partial charge in [0, 0.05) is 9.61 Å². The molecule has 1 unspecified atom stereocenters. The van der Waals surface area contributed by atoms with E-state index in [1.54, 1.807) is 0 Å². The molecule has 0 saturated heterocycles. The van der Waals surface area contributed by atoms with Crippen molar-refractivity contribution in [3.8, 4) is 0 Å². The lowest BCUT2D eigenvalue weighted by Gasteiger charge is -2.18. The quantitative estimate of drug-likeness (QED) is 0.670. The van der Waals surface area contributed by atoms with Crippen molar-refractivity contribution >= 4 is 22.6 Å². The number of rotatable bonds is 7. The fraction of sp³-hybridized carbons (Fsp3) is 0.368. The third-order valence-electron chi connectivity index (χ3n) is 3.75. The summed E-state index contributed by atoms with van der Waals surface area (Å²) in [5.41, 5.74) is 4.22. The van der Waals surface area contributed by atoms with Gasteiger partial charge in [0.25, 0.3) is 0 Å². The Morgan fingerprint density at radius 3 is 2.48 bits per heavy atom. The maximum atomic E-state index is 3.63. The van der Waals surface area contributed by atoms with Crippen molar-refractivity contribution < 1.29 is 0 Å². The second kappa shape index (κ2) is 8.54. The topological polar surface area (TPSA) is 12.0 Å². The van der Waals surface area contributed by atoms with E-state index in [1.807, 2.05) is 0 Å². The lowest BCUT2D eigenvalue weighted by atomic mass is 9.98. The van der Waals surface area contributed by atoms with E-state index in [0.29, 0.717) is 6.04 Å². The highest BCUT2D eigenvalue weighted by Gasteiger charge is 2.09. The first-order valence-electron chi connectivity index (χ1n) is 7.70. The van der Waals surface area contributed by atoms with Crippen LogP contribution in [0.5, 0.6) is 0 Å². The Hall–Kier alpha value is -0.870. The molecule has 1 nitrogen and oxygen atoms in total. The predicted molar refractivity (Wildman–Crippen MR) is 99.8 cm³/mol. The van der Waals surface area contributed by atoms with E-state index < -0.39 is 0 Å². The van der Waals surface area contributed by atoms with Gasteiger partial charge in [-0.15, -0.1) is 0 Å². The van der Waals surface area contributed by atoms with Crippen molar-refractivity contribution in [2.45, 2.75) is 39.2 Å². The molecule has 0 aliphatic carbocycles. The highest BCUT2D eigenvalue weighted by molar-refractivity contribution is 14.1. The maximum Gasteiger partial charge on any atom is 0.0130 e. The third-order valence-corrected chi connectivity index (χ3v) is 4.47. The second-order valence-electron chi connectivity index (χ2n) is 5.61. The van der Waals surface area contributed by atoms with E-state index in [4.69, 9.17) is 0 Å². The van der Waals surface area contributed by atoms with Gasteiger partial charge in [0.15, 0.2) is 0 Å². The van der Waals surface area contributed by atoms with Crippen LogP contribution in [0, 0.1) is 10.5 Å². The number of likely N-dealkylation sites (N-methyl/N-ethyl adjacent to an activating group) is 1. The van der Waals surface area contributed by atoms with Gasteiger partial charge < -0.3 is 5.32 Å². The number of hydrogen-bond donors (Lipinski definition) is 1. The van der Waals surface area contributed by atoms with Gasteiger partial charge in [-0.2, -0.15) is 0 Å². The first kappa shape index (κ1) is 16.5. The Morgan fingerprint density at radius 1 is 1.05 bits per heavy atom. The minimum atomic E-state index is 0.551. The maximum absolute atomic E-state index is 3.63. The minimum absolute atomic E-state index is 0.551. The molecule has 1 N–H and O–H groups in total. The Labute approximate surface area is 142 Å². The molecule has 2 rings (SSSR count). The number of benzene rings is 2. The molecule has 1 atom stereocenters. The molecule has 0 aliphatic rings. The Balaban J connectivity index is 1.93. The second-order valence-corrected chi connectivity index (χ2v) is 6.86. The molecule has 21 heavy (non-hydrogen) atoms. The summed E-state index contributed by atoms with van der Waals surface area (Å²) in [7, 11) is 0. The first-order valence-corrected chi connectivity index (χ1v) is 8.78. The summed E-state index contributed by atoms with van der Waals surface area (Å²) < 4.78 is 1.30.